The second-order valence-electron chi connectivity index (χ2n) is 5.85. The number of hydrogen-bond acceptors (Lipinski definition) is 3. The lowest BCUT2D eigenvalue weighted by atomic mass is 9.80. The molecule has 1 aliphatic rings. The highest BCUT2D eigenvalue weighted by Crippen LogP contribution is 2.39. The van der Waals surface area contributed by atoms with Crippen LogP contribution >= 0.6 is 0 Å². The van der Waals surface area contributed by atoms with Gasteiger partial charge in [0.15, 0.2) is 0 Å². The molecule has 24 heavy (non-hydrogen) atoms. The summed E-state index contributed by atoms with van der Waals surface area (Å²) in [6.45, 7) is 2.03. The first-order valence-corrected chi connectivity index (χ1v) is 8.01. The molecule has 0 amide bonds. The monoisotopic (exact) mass is 318 g/mol. The van der Waals surface area contributed by atoms with E-state index in [4.69, 9.17) is 5.53 Å². The highest BCUT2D eigenvalue weighted by atomic mass is 16.2. The van der Waals surface area contributed by atoms with Crippen molar-refractivity contribution in [2.24, 2.45) is 5.11 Å². The van der Waals surface area contributed by atoms with Crippen molar-refractivity contribution in [1.29, 1.82) is 0 Å². The minimum atomic E-state index is -0.661. The Labute approximate surface area is 142 Å². The highest BCUT2D eigenvalue weighted by Gasteiger charge is 2.39. The first-order valence-electron chi connectivity index (χ1n) is 8.01. The fourth-order valence-corrected chi connectivity index (χ4v) is 3.36. The van der Waals surface area contributed by atoms with Crippen LogP contribution in [0.4, 0.5) is 0 Å². The quantitative estimate of drug-likeness (QED) is 0.393. The Morgan fingerprint density at radius 3 is 2.33 bits per heavy atom. The zero-order valence-electron chi connectivity index (χ0n) is 13.5. The summed E-state index contributed by atoms with van der Waals surface area (Å²) < 4.78 is 0. The zero-order chi connectivity index (χ0) is 16.9. The number of azide groups is 1. The SMILES string of the molecule is CB(O)N1C(CN=[N+]=[N-])C(c2ccccc2)=CC1c1ccccc1. The predicted molar refractivity (Wildman–Crippen MR) is 97.1 cm³/mol. The first kappa shape index (κ1) is 16.3. The molecule has 0 saturated carbocycles. The summed E-state index contributed by atoms with van der Waals surface area (Å²) in [6.07, 6.45) is 2.16. The van der Waals surface area contributed by atoms with Gasteiger partial charge in [-0.15, -0.1) is 0 Å². The minimum Gasteiger partial charge on any atom is -0.437 e. The third kappa shape index (κ3) is 3.21. The van der Waals surface area contributed by atoms with Crippen molar-refractivity contribution in [2.45, 2.75) is 18.9 Å². The van der Waals surface area contributed by atoms with Gasteiger partial charge in [-0.1, -0.05) is 71.9 Å². The number of rotatable bonds is 5. The van der Waals surface area contributed by atoms with Crippen LogP contribution < -0.4 is 0 Å². The van der Waals surface area contributed by atoms with Gasteiger partial charge in [0.1, 0.15) is 0 Å². The largest absolute Gasteiger partial charge is 0.437 e. The summed E-state index contributed by atoms with van der Waals surface area (Å²) in [5, 5.41) is 14.2. The molecule has 0 fully saturated rings. The lowest BCUT2D eigenvalue weighted by Crippen LogP contribution is -2.45. The Balaban J connectivity index is 2.07. The van der Waals surface area contributed by atoms with Gasteiger partial charge in [-0.25, -0.2) is 0 Å². The molecule has 5 nitrogen and oxygen atoms in total. The maximum Gasteiger partial charge on any atom is 0.377 e. The smallest absolute Gasteiger partial charge is 0.377 e. The van der Waals surface area contributed by atoms with Gasteiger partial charge in [-0.3, -0.25) is 0 Å². The minimum absolute atomic E-state index is 0.0553. The van der Waals surface area contributed by atoms with Gasteiger partial charge in [0, 0.05) is 23.5 Å². The van der Waals surface area contributed by atoms with Crippen molar-refractivity contribution >= 4 is 12.6 Å². The van der Waals surface area contributed by atoms with E-state index in [-0.39, 0.29) is 18.6 Å². The molecule has 120 valence electrons. The van der Waals surface area contributed by atoms with E-state index < -0.39 is 7.05 Å². The summed E-state index contributed by atoms with van der Waals surface area (Å²) in [5.41, 5.74) is 12.0. The van der Waals surface area contributed by atoms with Crippen LogP contribution in [0.25, 0.3) is 16.0 Å². The lowest BCUT2D eigenvalue weighted by Gasteiger charge is -2.32. The van der Waals surface area contributed by atoms with E-state index in [1.54, 1.807) is 6.82 Å². The maximum atomic E-state index is 10.4. The molecule has 2 atom stereocenters. The molecule has 2 aromatic carbocycles. The van der Waals surface area contributed by atoms with Crippen LogP contribution in [0.5, 0.6) is 0 Å². The van der Waals surface area contributed by atoms with E-state index >= 15 is 0 Å². The number of nitrogens with zero attached hydrogens (tertiary/aromatic N) is 4. The van der Waals surface area contributed by atoms with Gasteiger partial charge < -0.3 is 9.83 Å². The van der Waals surface area contributed by atoms with Crippen LogP contribution in [0, 0.1) is 0 Å². The van der Waals surface area contributed by atoms with Crippen LogP contribution in [-0.4, -0.2) is 29.5 Å². The third-order valence-electron chi connectivity index (χ3n) is 4.38. The molecule has 0 spiro atoms. The standard InChI is InChI=1S/C18H19BN4O/c1-19(24)23-17(15-10-6-3-7-11-15)12-16(18(23)13-21-22-20)14-8-4-2-5-9-14/h2-12,17-18,24H,13H2,1H3. The molecule has 6 heteroatoms. The average Bonchev–Trinajstić information content (AvgIpc) is 3.01. The molecule has 0 saturated heterocycles. The van der Waals surface area contributed by atoms with Gasteiger partial charge in [0.25, 0.3) is 0 Å². The van der Waals surface area contributed by atoms with Crippen LogP contribution in [0.2, 0.25) is 6.82 Å². The van der Waals surface area contributed by atoms with Crippen molar-refractivity contribution < 1.29 is 5.02 Å². The molecule has 0 bridgehead atoms. The van der Waals surface area contributed by atoms with Gasteiger partial charge >= 0.3 is 7.05 Å². The van der Waals surface area contributed by atoms with Gasteiger partial charge in [-0.05, 0) is 29.1 Å². The first-order chi connectivity index (χ1) is 11.7. The average molecular weight is 318 g/mol. The van der Waals surface area contributed by atoms with Crippen molar-refractivity contribution in [3.63, 3.8) is 0 Å². The molecule has 0 radical (unpaired) electrons. The van der Waals surface area contributed by atoms with Crippen molar-refractivity contribution in [2.75, 3.05) is 6.54 Å². The summed E-state index contributed by atoms with van der Waals surface area (Å²) in [7, 11) is -0.661. The van der Waals surface area contributed by atoms with Crippen LogP contribution in [0.3, 0.4) is 0 Å². The molecule has 1 heterocycles. The van der Waals surface area contributed by atoms with Crippen LogP contribution in [-0.2, 0) is 0 Å². The third-order valence-corrected chi connectivity index (χ3v) is 4.38. The fraction of sp³-hybridized carbons (Fsp3) is 0.222. The molecule has 3 rings (SSSR count). The van der Waals surface area contributed by atoms with Crippen LogP contribution in [0.15, 0.2) is 71.9 Å². The van der Waals surface area contributed by atoms with E-state index in [1.165, 1.54) is 0 Å². The van der Waals surface area contributed by atoms with Crippen LogP contribution in [0.1, 0.15) is 17.2 Å². The zero-order valence-corrected chi connectivity index (χ0v) is 13.5. The van der Waals surface area contributed by atoms with Gasteiger partial charge in [0.05, 0.1) is 0 Å². The van der Waals surface area contributed by atoms with E-state index in [2.05, 4.69) is 28.2 Å². The Morgan fingerprint density at radius 1 is 1.12 bits per heavy atom. The van der Waals surface area contributed by atoms with Gasteiger partial charge in [-0.2, -0.15) is 0 Å². The molecule has 2 aromatic rings. The Bertz CT molecular complexity index is 757. The van der Waals surface area contributed by atoms with Crippen molar-refractivity contribution in [3.8, 4) is 0 Å². The molecule has 1 aliphatic heterocycles. The topological polar surface area (TPSA) is 72.2 Å². The summed E-state index contributed by atoms with van der Waals surface area (Å²) in [6, 6.07) is 19.9. The molecular formula is C18H19BN4O. The van der Waals surface area contributed by atoms with Gasteiger partial charge in [0.2, 0.25) is 0 Å². The Morgan fingerprint density at radius 2 is 1.75 bits per heavy atom. The van der Waals surface area contributed by atoms with E-state index in [1.807, 2.05) is 53.3 Å². The maximum absolute atomic E-state index is 10.4. The second kappa shape index (κ2) is 7.36. The second-order valence-corrected chi connectivity index (χ2v) is 5.85. The summed E-state index contributed by atoms with van der Waals surface area (Å²) in [4.78, 5) is 4.90. The predicted octanol–water partition coefficient (Wildman–Crippen LogP) is 3.92. The molecule has 0 aliphatic carbocycles. The summed E-state index contributed by atoms with van der Waals surface area (Å²) in [5.74, 6) is 0. The fourth-order valence-electron chi connectivity index (χ4n) is 3.36. The summed E-state index contributed by atoms with van der Waals surface area (Å²) >= 11 is 0. The normalized spacial score (nSPS) is 20.3. The number of benzene rings is 2. The number of hydrogen-bond donors (Lipinski definition) is 1. The molecular weight excluding hydrogens is 299 g/mol. The highest BCUT2D eigenvalue weighted by molar-refractivity contribution is 6.46. The molecule has 1 N–H and O–H groups in total. The van der Waals surface area contributed by atoms with E-state index in [9.17, 15) is 5.02 Å². The van der Waals surface area contributed by atoms with Crippen molar-refractivity contribution in [3.05, 3.63) is 88.3 Å². The Hall–Kier alpha value is -2.53. The van der Waals surface area contributed by atoms with E-state index in [0.717, 1.165) is 16.7 Å². The van der Waals surface area contributed by atoms with E-state index in [0.29, 0.717) is 0 Å². The Kier molecular flexibility index (Phi) is 5.01. The lowest BCUT2D eigenvalue weighted by molar-refractivity contribution is 0.311. The molecule has 2 unspecified atom stereocenters. The van der Waals surface area contributed by atoms with Crippen molar-refractivity contribution in [1.82, 2.24) is 4.81 Å². The molecule has 0 aromatic heterocycles.